The zero-order chi connectivity index (χ0) is 2.71. The third-order valence-corrected chi connectivity index (χ3v) is 0. The first-order valence-electron chi connectivity index (χ1n) is 0.302. The van der Waals surface area contributed by atoms with Crippen LogP contribution in [0.25, 0.3) is 0 Å². The second-order valence-corrected chi connectivity index (χ2v) is 0.266. The monoisotopic (exact) mass is 137 g/mol. The molecule has 0 aromatic heterocycles. The Morgan fingerprint density at radius 1 is 1.60 bits per heavy atom. The first kappa shape index (κ1) is 17.1. The van der Waals surface area contributed by atoms with E-state index in [0.717, 1.165) is 0 Å². The molecule has 0 heterocycles. The predicted octanol–water partition coefficient (Wildman–Crippen LogP) is -2.69. The Hall–Kier alpha value is 0.772. The topological polar surface area (TPSA) is 68.8 Å². The molecule has 0 amide bonds. The minimum atomic E-state index is -1.00. The molecular weight excluding hydrogens is 131 g/mol. The van der Waals surface area contributed by atoms with Gasteiger partial charge < -0.3 is 5.48 Å². The van der Waals surface area contributed by atoms with Gasteiger partial charge in [-0.15, -0.1) is 0 Å². The van der Waals surface area contributed by atoms with E-state index >= 15 is 0 Å². The van der Waals surface area contributed by atoms with Crippen LogP contribution >= 0.6 is 0 Å². The van der Waals surface area contributed by atoms with Crippen molar-refractivity contribution in [2.45, 2.75) is 0 Å². The molecule has 0 fully saturated rings. The third kappa shape index (κ3) is 61.5. The summed E-state index contributed by atoms with van der Waals surface area (Å²) >= 11 is -1.00. The molecule has 0 aromatic rings. The van der Waals surface area contributed by atoms with Gasteiger partial charge in [-0.3, -0.25) is 0 Å². The Bertz CT molecular complexity index is 14.4. The van der Waals surface area contributed by atoms with Gasteiger partial charge in [0, 0.05) is 0 Å². The van der Waals surface area contributed by atoms with Gasteiger partial charge in [0.15, 0.2) is 17.4 Å². The summed E-state index contributed by atoms with van der Waals surface area (Å²) in [6.07, 6.45) is 0. The van der Waals surface area contributed by atoms with Gasteiger partial charge in [-0.1, -0.05) is 0 Å². The Morgan fingerprint density at radius 2 is 1.60 bits per heavy atom. The van der Waals surface area contributed by atoms with Crippen LogP contribution in [0.2, 0.25) is 0 Å². The molecule has 0 saturated carbocycles. The van der Waals surface area contributed by atoms with E-state index in [1.54, 1.807) is 0 Å². The number of rotatable bonds is 0. The van der Waals surface area contributed by atoms with Crippen molar-refractivity contribution in [1.29, 1.82) is 0 Å². The van der Waals surface area contributed by atoms with Crippen LogP contribution in [0.1, 0.15) is 0 Å². The van der Waals surface area contributed by atoms with Crippen molar-refractivity contribution < 1.29 is 28.7 Å². The van der Waals surface area contributed by atoms with Crippen LogP contribution in [-0.2, 0) is 19.1 Å². The molecule has 35 valence electrons. The summed E-state index contributed by atoms with van der Waals surface area (Å²) in [6.45, 7) is 0. The molecule has 5 heavy (non-hydrogen) atoms. The summed E-state index contributed by atoms with van der Waals surface area (Å²) in [5, 5.41) is 0. The molecular formula is H6AlFeO3. The third-order valence-electron chi connectivity index (χ3n) is 0. The van der Waals surface area contributed by atoms with Crippen molar-refractivity contribution in [1.82, 2.24) is 0 Å². The Morgan fingerprint density at radius 3 is 1.60 bits per heavy atom. The van der Waals surface area contributed by atoms with Crippen LogP contribution < -0.4 is 0 Å². The maximum absolute atomic E-state index is 8.49. The predicted molar refractivity (Wildman–Crippen MR) is 16.5 cm³/mol. The normalized spacial score (nSPS) is 3.40. The molecule has 3 N–H and O–H groups in total. The SMILES string of the molecule is O.[AlH3].[O]=[Fe][OH]. The van der Waals surface area contributed by atoms with Gasteiger partial charge in [0.2, 0.25) is 0 Å². The van der Waals surface area contributed by atoms with Gasteiger partial charge in [-0.2, -0.15) is 0 Å². The van der Waals surface area contributed by atoms with E-state index < -0.39 is 15.2 Å². The molecule has 0 unspecified atom stereocenters. The van der Waals surface area contributed by atoms with Gasteiger partial charge in [0.05, 0.1) is 0 Å². The van der Waals surface area contributed by atoms with E-state index in [2.05, 4.69) is 0 Å². The molecule has 0 aliphatic rings. The molecule has 0 bridgehead atoms. The van der Waals surface area contributed by atoms with Gasteiger partial charge in [0.1, 0.15) is 0 Å². The summed E-state index contributed by atoms with van der Waals surface area (Å²) in [6, 6.07) is 0. The van der Waals surface area contributed by atoms with Crippen LogP contribution in [-0.4, -0.2) is 27.0 Å². The number of hydrogen-bond acceptors (Lipinski definition) is 1. The van der Waals surface area contributed by atoms with E-state index in [-0.39, 0.29) is 22.8 Å². The standard InChI is InChI=1S/Al.Fe.2H2O.O.3H/h;;2*1H2;;;;/q;+1;;;;;;/p-1. The van der Waals surface area contributed by atoms with Crippen LogP contribution in [0.15, 0.2) is 0 Å². The fourth-order valence-corrected chi connectivity index (χ4v) is 0. The van der Waals surface area contributed by atoms with Gasteiger partial charge in [-0.05, 0) is 0 Å². The van der Waals surface area contributed by atoms with Gasteiger partial charge in [-0.25, -0.2) is 0 Å². The van der Waals surface area contributed by atoms with E-state index in [0.29, 0.717) is 0 Å². The van der Waals surface area contributed by atoms with Crippen molar-refractivity contribution in [2.75, 3.05) is 0 Å². The Labute approximate surface area is 46.5 Å². The molecule has 0 aliphatic heterocycles. The average molecular weight is 137 g/mol. The zero-order valence-corrected chi connectivity index (χ0v) is 2.81. The van der Waals surface area contributed by atoms with Crippen molar-refractivity contribution in [2.24, 2.45) is 0 Å². The summed E-state index contributed by atoms with van der Waals surface area (Å²) in [5.74, 6) is 0. The van der Waals surface area contributed by atoms with Gasteiger partial charge >= 0.3 is 23.2 Å². The molecule has 0 saturated heterocycles. The van der Waals surface area contributed by atoms with E-state index in [4.69, 9.17) is 8.02 Å². The van der Waals surface area contributed by atoms with Crippen LogP contribution in [0.3, 0.4) is 0 Å². The Kier molecular flexibility index (Phi) is 74.0. The quantitative estimate of drug-likeness (QED) is 0.369. The second-order valence-electron chi connectivity index (χ2n) is 0.0645. The Balaban J connectivity index is -0.0000000200. The summed E-state index contributed by atoms with van der Waals surface area (Å²) in [7, 11) is 0. The van der Waals surface area contributed by atoms with Crippen molar-refractivity contribution in [3.8, 4) is 0 Å². The molecule has 0 rings (SSSR count). The van der Waals surface area contributed by atoms with Gasteiger partial charge in [0.25, 0.3) is 0 Å². The summed E-state index contributed by atoms with van der Waals surface area (Å²) < 4.78 is 15.5. The van der Waals surface area contributed by atoms with E-state index in [1.807, 2.05) is 0 Å². The fourth-order valence-electron chi connectivity index (χ4n) is 0. The molecule has 0 aliphatic carbocycles. The summed E-state index contributed by atoms with van der Waals surface area (Å²) in [5.41, 5.74) is 0. The van der Waals surface area contributed by atoms with E-state index in [1.165, 1.54) is 0 Å². The van der Waals surface area contributed by atoms with Crippen molar-refractivity contribution in [3.05, 3.63) is 0 Å². The number of hydrogen-bond donors (Lipinski definition) is 1. The minimum absolute atomic E-state index is 0. The van der Waals surface area contributed by atoms with Crippen LogP contribution in [0.4, 0.5) is 0 Å². The van der Waals surface area contributed by atoms with Crippen LogP contribution in [0, 0.1) is 0 Å². The van der Waals surface area contributed by atoms with Crippen molar-refractivity contribution in [3.63, 3.8) is 0 Å². The molecule has 0 radical (unpaired) electrons. The average Bonchev–Trinajstić information content (AvgIpc) is 0.918. The maximum atomic E-state index is 8.49. The summed E-state index contributed by atoms with van der Waals surface area (Å²) in [4.78, 5) is 0. The van der Waals surface area contributed by atoms with Crippen LogP contribution in [0.5, 0.6) is 0 Å². The zero-order valence-electron chi connectivity index (χ0n) is 1.71. The van der Waals surface area contributed by atoms with Crippen molar-refractivity contribution >= 4 is 17.4 Å². The molecule has 0 atom stereocenters. The molecule has 3 nitrogen and oxygen atoms in total. The first-order valence-corrected chi connectivity index (χ1v) is 1.25. The van der Waals surface area contributed by atoms with E-state index in [9.17, 15) is 0 Å². The fraction of sp³-hybridized carbons (Fsp3) is 0. The molecule has 0 aromatic carbocycles. The second kappa shape index (κ2) is 21.6. The molecule has 5 heteroatoms. The molecule has 0 spiro atoms. The first-order chi connectivity index (χ1) is 1.41.